The fourth-order valence-electron chi connectivity index (χ4n) is 2.53. The van der Waals surface area contributed by atoms with Crippen LogP contribution in [0.25, 0.3) is 0 Å². The van der Waals surface area contributed by atoms with Crippen LogP contribution in [0.3, 0.4) is 0 Å². The number of thioether (sulfide) groups is 1. The summed E-state index contributed by atoms with van der Waals surface area (Å²) >= 11 is 7.88. The second-order valence-corrected chi connectivity index (χ2v) is 6.81. The van der Waals surface area contributed by atoms with Crippen molar-refractivity contribution in [1.82, 2.24) is 14.8 Å². The lowest BCUT2D eigenvalue weighted by Gasteiger charge is -2.22. The summed E-state index contributed by atoms with van der Waals surface area (Å²) < 4.78 is 27.0. The highest BCUT2D eigenvalue weighted by Crippen LogP contribution is 2.24. The molecule has 0 unspecified atom stereocenters. The van der Waals surface area contributed by atoms with Gasteiger partial charge in [0.15, 0.2) is 11.6 Å². The smallest absolute Gasteiger partial charge is 0.159 e. The molecule has 24 heavy (non-hydrogen) atoms. The van der Waals surface area contributed by atoms with Gasteiger partial charge in [0.2, 0.25) is 0 Å². The normalized spacial score (nSPS) is 18.0. The molecule has 1 aromatic carbocycles. The molecule has 0 N–H and O–H groups in total. The van der Waals surface area contributed by atoms with Crippen LogP contribution in [-0.4, -0.2) is 46.6 Å². The maximum Gasteiger partial charge on any atom is 0.159 e. The number of benzene rings is 1. The lowest BCUT2D eigenvalue weighted by atomic mass is 10.2. The molecule has 3 rings (SSSR count). The van der Waals surface area contributed by atoms with Crippen molar-refractivity contribution in [3.63, 3.8) is 0 Å². The molecule has 8 heteroatoms. The van der Waals surface area contributed by atoms with Gasteiger partial charge in [-0.15, -0.1) is 0 Å². The molecule has 0 saturated carbocycles. The molecule has 1 atom stereocenters. The van der Waals surface area contributed by atoms with E-state index in [0.29, 0.717) is 36.2 Å². The average Bonchev–Trinajstić information content (AvgIpc) is 3.00. The Hall–Kier alpha value is -1.15. The zero-order valence-corrected chi connectivity index (χ0v) is 14.9. The van der Waals surface area contributed by atoms with E-state index in [9.17, 15) is 4.39 Å². The number of nitrogens with zero attached hydrogens (tertiary/aromatic N) is 3. The van der Waals surface area contributed by atoms with E-state index in [-0.39, 0.29) is 18.5 Å². The van der Waals surface area contributed by atoms with Gasteiger partial charge in [-0.2, -0.15) is 16.9 Å². The van der Waals surface area contributed by atoms with Gasteiger partial charge in [0.1, 0.15) is 11.9 Å². The Bertz CT molecular complexity index is 672. The molecule has 0 spiro atoms. The van der Waals surface area contributed by atoms with Gasteiger partial charge >= 0.3 is 0 Å². The third-order valence-electron chi connectivity index (χ3n) is 3.75. The van der Waals surface area contributed by atoms with Crippen molar-refractivity contribution in [1.29, 1.82) is 0 Å². The Balaban J connectivity index is 1.90. The van der Waals surface area contributed by atoms with Crippen molar-refractivity contribution in [3.8, 4) is 0 Å². The first kappa shape index (κ1) is 17.7. The van der Waals surface area contributed by atoms with Gasteiger partial charge in [-0.1, -0.05) is 17.7 Å². The van der Waals surface area contributed by atoms with E-state index in [0.717, 1.165) is 18.0 Å². The van der Waals surface area contributed by atoms with Gasteiger partial charge in [0.05, 0.1) is 26.4 Å². The fourth-order valence-corrected chi connectivity index (χ4v) is 3.14. The molecule has 1 aliphatic rings. The summed E-state index contributed by atoms with van der Waals surface area (Å²) in [5, 5.41) is 4.91. The van der Waals surface area contributed by atoms with E-state index in [1.807, 2.05) is 6.26 Å². The highest BCUT2D eigenvalue weighted by Gasteiger charge is 2.24. The first-order chi connectivity index (χ1) is 11.7. The minimum atomic E-state index is -0.351. The quantitative estimate of drug-likeness (QED) is 0.780. The summed E-state index contributed by atoms with van der Waals surface area (Å²) in [7, 11) is 0. The molecule has 1 fully saturated rings. The topological polar surface area (TPSA) is 49.2 Å². The standard InChI is InChI=1S/C16H19ClFN3O2S/c1-24-8-5-15-19-16(14-10-22-6-7-23-14)21(20-15)9-11-12(17)3-2-4-13(11)18/h2-4,14H,5-10H2,1H3/t14-/m0/s1. The number of halogens is 2. The van der Waals surface area contributed by atoms with E-state index in [4.69, 9.17) is 21.1 Å². The molecule has 0 radical (unpaired) electrons. The van der Waals surface area contributed by atoms with Gasteiger partial charge in [0, 0.05) is 22.8 Å². The monoisotopic (exact) mass is 371 g/mol. The van der Waals surface area contributed by atoms with Gasteiger partial charge in [-0.25, -0.2) is 14.1 Å². The Labute approximate surface area is 149 Å². The van der Waals surface area contributed by atoms with Crippen molar-refractivity contribution >= 4 is 23.4 Å². The van der Waals surface area contributed by atoms with Crippen LogP contribution in [0, 0.1) is 5.82 Å². The Kier molecular flexibility index (Phi) is 6.10. The molecule has 1 saturated heterocycles. The van der Waals surface area contributed by atoms with Gasteiger partial charge in [-0.05, 0) is 18.4 Å². The molecule has 5 nitrogen and oxygen atoms in total. The average molecular weight is 372 g/mol. The first-order valence-corrected chi connectivity index (χ1v) is 9.51. The van der Waals surface area contributed by atoms with Crippen LogP contribution >= 0.6 is 23.4 Å². The highest BCUT2D eigenvalue weighted by molar-refractivity contribution is 7.98. The van der Waals surface area contributed by atoms with Crippen LogP contribution in [0.2, 0.25) is 5.02 Å². The Morgan fingerprint density at radius 1 is 1.42 bits per heavy atom. The van der Waals surface area contributed by atoms with Crippen LogP contribution in [0.15, 0.2) is 18.2 Å². The molecule has 2 aromatic rings. The van der Waals surface area contributed by atoms with Crippen LogP contribution in [0.1, 0.15) is 23.3 Å². The second kappa shape index (κ2) is 8.29. The lowest BCUT2D eigenvalue weighted by Crippen LogP contribution is -2.25. The van der Waals surface area contributed by atoms with Crippen molar-refractivity contribution < 1.29 is 13.9 Å². The molecule has 1 aliphatic heterocycles. The van der Waals surface area contributed by atoms with Crippen molar-refractivity contribution in [2.75, 3.05) is 31.8 Å². The predicted octanol–water partition coefficient (Wildman–Crippen LogP) is 3.11. The molecule has 130 valence electrons. The van der Waals surface area contributed by atoms with Gasteiger partial charge in [0.25, 0.3) is 0 Å². The molecular weight excluding hydrogens is 353 g/mol. The number of hydrogen-bond acceptors (Lipinski definition) is 5. The van der Waals surface area contributed by atoms with Crippen molar-refractivity contribution in [2.45, 2.75) is 19.1 Å². The predicted molar refractivity (Wildman–Crippen MR) is 92.1 cm³/mol. The highest BCUT2D eigenvalue weighted by atomic mass is 35.5. The molecule has 0 amide bonds. The van der Waals surface area contributed by atoms with Crippen LogP contribution in [0.4, 0.5) is 4.39 Å². The van der Waals surface area contributed by atoms with Crippen LogP contribution in [-0.2, 0) is 22.4 Å². The lowest BCUT2D eigenvalue weighted by molar-refractivity contribution is -0.0949. The SMILES string of the molecule is CSCCc1nc([C@@H]2COCCO2)n(Cc2c(F)cccc2Cl)n1. The van der Waals surface area contributed by atoms with E-state index in [1.165, 1.54) is 6.07 Å². The van der Waals surface area contributed by atoms with Gasteiger partial charge < -0.3 is 9.47 Å². The zero-order valence-electron chi connectivity index (χ0n) is 13.4. The summed E-state index contributed by atoms with van der Waals surface area (Å²) in [6, 6.07) is 4.66. The maximum atomic E-state index is 14.1. The summed E-state index contributed by atoms with van der Waals surface area (Å²) in [4.78, 5) is 4.59. The van der Waals surface area contributed by atoms with Crippen molar-refractivity contribution in [2.24, 2.45) is 0 Å². The summed E-state index contributed by atoms with van der Waals surface area (Å²) in [6.07, 6.45) is 2.49. The number of aryl methyl sites for hydroxylation is 1. The Morgan fingerprint density at radius 2 is 2.29 bits per heavy atom. The van der Waals surface area contributed by atoms with E-state index < -0.39 is 0 Å². The molecule has 1 aromatic heterocycles. The Morgan fingerprint density at radius 3 is 3.00 bits per heavy atom. The number of aromatic nitrogens is 3. The molecule has 0 bridgehead atoms. The van der Waals surface area contributed by atoms with Gasteiger partial charge in [-0.3, -0.25) is 0 Å². The summed E-state index contributed by atoms with van der Waals surface area (Å²) in [5.74, 6) is 1.95. The third kappa shape index (κ3) is 4.08. The van der Waals surface area contributed by atoms with Crippen LogP contribution < -0.4 is 0 Å². The molecule has 2 heterocycles. The number of ether oxygens (including phenoxy) is 2. The second-order valence-electron chi connectivity index (χ2n) is 5.42. The van der Waals surface area contributed by atoms with E-state index in [1.54, 1.807) is 28.6 Å². The largest absolute Gasteiger partial charge is 0.376 e. The number of rotatable bonds is 6. The minimum Gasteiger partial charge on any atom is -0.376 e. The van der Waals surface area contributed by atoms with Crippen molar-refractivity contribution in [3.05, 3.63) is 46.3 Å². The first-order valence-electron chi connectivity index (χ1n) is 7.74. The third-order valence-corrected chi connectivity index (χ3v) is 4.71. The van der Waals surface area contributed by atoms with E-state index in [2.05, 4.69) is 10.1 Å². The van der Waals surface area contributed by atoms with Crippen LogP contribution in [0.5, 0.6) is 0 Å². The number of hydrogen-bond donors (Lipinski definition) is 0. The fraction of sp³-hybridized carbons (Fsp3) is 0.500. The zero-order chi connectivity index (χ0) is 16.9. The maximum absolute atomic E-state index is 14.1. The summed E-state index contributed by atoms with van der Waals surface area (Å²) in [5.41, 5.74) is 0.401. The molecular formula is C16H19ClFN3O2S. The van der Waals surface area contributed by atoms with E-state index >= 15 is 0 Å². The molecule has 0 aliphatic carbocycles. The summed E-state index contributed by atoms with van der Waals surface area (Å²) in [6.45, 7) is 1.72. The minimum absolute atomic E-state index is 0.215.